The molecule has 0 radical (unpaired) electrons. The number of oxazole rings is 1. The van der Waals surface area contributed by atoms with Crippen molar-refractivity contribution in [2.75, 3.05) is 0 Å². The van der Waals surface area contributed by atoms with Crippen molar-refractivity contribution < 1.29 is 5.84 Å². The Balaban J connectivity index is 0.000000720. The second-order valence-corrected chi connectivity index (χ2v) is 2.51. The van der Waals surface area contributed by atoms with E-state index in [2.05, 4.69) is 4.98 Å². The van der Waals surface area contributed by atoms with Gasteiger partial charge in [0.05, 0.1) is 5.52 Å². The number of H-pyrrole nitrogens is 1. The Kier molecular flexibility index (Phi) is 1.12. The molecule has 2 aromatic rings. The predicted octanol–water partition coefficient (Wildman–Crippen LogP) is 1.68. The van der Waals surface area contributed by atoms with Crippen molar-refractivity contribution in [3.05, 3.63) is 34.3 Å². The monoisotopic (exact) mass is 151 g/mol. The molecule has 0 bridgehead atoms. The third-order valence-electron chi connectivity index (χ3n) is 1.57. The Labute approximate surface area is 64.1 Å². The van der Waals surface area contributed by atoms with Crippen LogP contribution in [0.3, 0.4) is 0 Å². The lowest BCUT2D eigenvalue weighted by Gasteiger charge is -1.88. The first-order chi connectivity index (χ1) is 5.25. The van der Waals surface area contributed by atoms with Crippen LogP contribution in [0.1, 0.15) is 6.99 Å². The molecule has 0 aliphatic rings. The molecule has 2 rings (SSSR count). The van der Waals surface area contributed by atoms with Gasteiger partial charge >= 0.3 is 5.76 Å². The minimum Gasteiger partial charge on any atom is -0.408 e. The van der Waals surface area contributed by atoms with Crippen molar-refractivity contribution in [3.63, 3.8) is 0 Å². The number of rotatable bonds is 0. The van der Waals surface area contributed by atoms with Gasteiger partial charge in [-0.2, -0.15) is 0 Å². The summed E-state index contributed by atoms with van der Waals surface area (Å²) in [5.74, 6) is -0.398. The van der Waals surface area contributed by atoms with E-state index in [1.165, 1.54) is 0 Å². The molecule has 0 saturated carbocycles. The molecule has 0 aliphatic carbocycles. The topological polar surface area (TPSA) is 46.0 Å². The predicted molar refractivity (Wildman–Crippen MR) is 43.7 cm³/mol. The lowest BCUT2D eigenvalue weighted by molar-refractivity contribution is 0.555. The van der Waals surface area contributed by atoms with Gasteiger partial charge in [0.15, 0.2) is 5.58 Å². The van der Waals surface area contributed by atoms with Crippen LogP contribution >= 0.6 is 0 Å². The summed E-state index contributed by atoms with van der Waals surface area (Å²) in [5.41, 5.74) is 2.48. The van der Waals surface area contributed by atoms with Gasteiger partial charge in [0, 0.05) is 1.43 Å². The maximum Gasteiger partial charge on any atom is 0.417 e. The second kappa shape index (κ2) is 1.99. The summed E-state index contributed by atoms with van der Waals surface area (Å²) >= 11 is 0. The van der Waals surface area contributed by atoms with Gasteiger partial charge in [0.2, 0.25) is 0 Å². The van der Waals surface area contributed by atoms with Crippen molar-refractivity contribution in [1.82, 2.24) is 4.98 Å². The molecular weight excluding hydrogens is 142 g/mol. The number of aryl methyl sites for hydroxylation is 1. The highest BCUT2D eigenvalue weighted by Crippen LogP contribution is 2.10. The van der Waals surface area contributed by atoms with Gasteiger partial charge in [-0.05, 0) is 24.6 Å². The molecule has 58 valence electrons. The molecule has 0 atom stereocenters. The van der Waals surface area contributed by atoms with Crippen LogP contribution in [0.15, 0.2) is 27.4 Å². The first-order valence-corrected chi connectivity index (χ1v) is 3.35. The third-order valence-corrected chi connectivity index (χ3v) is 1.57. The number of aromatic nitrogens is 1. The minimum absolute atomic E-state index is 0. The van der Waals surface area contributed by atoms with Gasteiger partial charge < -0.3 is 4.42 Å². The smallest absolute Gasteiger partial charge is 0.408 e. The first-order valence-electron chi connectivity index (χ1n) is 3.35. The van der Waals surface area contributed by atoms with Crippen LogP contribution in [0.2, 0.25) is 0 Å². The quantitative estimate of drug-likeness (QED) is 0.622. The highest BCUT2D eigenvalue weighted by atomic mass is 16.4. The van der Waals surface area contributed by atoms with Gasteiger partial charge in [-0.3, -0.25) is 4.98 Å². The summed E-state index contributed by atoms with van der Waals surface area (Å²) in [7, 11) is 0. The summed E-state index contributed by atoms with van der Waals surface area (Å²) < 4.78 is 4.81. The van der Waals surface area contributed by atoms with Crippen LogP contribution < -0.4 is 5.76 Å². The van der Waals surface area contributed by atoms with E-state index in [-0.39, 0.29) is 1.43 Å². The number of nitrogens with one attached hydrogen (secondary N) is 1. The van der Waals surface area contributed by atoms with Crippen LogP contribution in [-0.4, -0.2) is 4.98 Å². The summed E-state index contributed by atoms with van der Waals surface area (Å²) in [6.45, 7) is 1.96. The largest absolute Gasteiger partial charge is 0.417 e. The second-order valence-electron chi connectivity index (χ2n) is 2.51. The Morgan fingerprint density at radius 2 is 2.36 bits per heavy atom. The van der Waals surface area contributed by atoms with Crippen molar-refractivity contribution in [2.24, 2.45) is 0 Å². The molecule has 1 aromatic heterocycles. The van der Waals surface area contributed by atoms with E-state index >= 15 is 0 Å². The van der Waals surface area contributed by atoms with Crippen molar-refractivity contribution in [1.29, 1.82) is 0 Å². The van der Waals surface area contributed by atoms with E-state index in [9.17, 15) is 4.79 Å². The van der Waals surface area contributed by atoms with Crippen LogP contribution in [0.5, 0.6) is 0 Å². The molecule has 0 spiro atoms. The van der Waals surface area contributed by atoms with Gasteiger partial charge in [-0.15, -0.1) is 0 Å². The average molecular weight is 151 g/mol. The van der Waals surface area contributed by atoms with Crippen LogP contribution in [0.25, 0.3) is 11.1 Å². The fourth-order valence-electron chi connectivity index (χ4n) is 1.07. The van der Waals surface area contributed by atoms with Crippen LogP contribution in [0, 0.1) is 6.92 Å². The molecule has 1 heterocycles. The number of fused-ring (bicyclic) bond motifs is 1. The lowest BCUT2D eigenvalue weighted by Crippen LogP contribution is -1.92. The number of benzene rings is 1. The highest BCUT2D eigenvalue weighted by Gasteiger charge is 1.98. The van der Waals surface area contributed by atoms with Gasteiger partial charge in [0.1, 0.15) is 0 Å². The molecule has 0 unspecified atom stereocenters. The molecule has 0 aliphatic heterocycles. The molecule has 1 N–H and O–H groups in total. The normalized spacial score (nSPS) is 10.6. The molecule has 0 amide bonds. The standard InChI is InChI=1S/C8H7NO2.H2/c1-5-2-3-7-6(4-5)9-8(10)11-7;/h2-4H,1H3,(H,9,10);1H. The molecule has 3 nitrogen and oxygen atoms in total. The van der Waals surface area contributed by atoms with Gasteiger partial charge in [0.25, 0.3) is 0 Å². The van der Waals surface area contributed by atoms with Crippen LogP contribution in [-0.2, 0) is 0 Å². The summed E-state index contributed by atoms with van der Waals surface area (Å²) in [5, 5.41) is 0. The van der Waals surface area contributed by atoms with Gasteiger partial charge in [-0.1, -0.05) is 6.07 Å². The number of aromatic amines is 1. The van der Waals surface area contributed by atoms with E-state index < -0.39 is 5.76 Å². The average Bonchev–Trinajstić information content (AvgIpc) is 2.27. The minimum atomic E-state index is -0.398. The van der Waals surface area contributed by atoms with Crippen LogP contribution in [0.4, 0.5) is 0 Å². The zero-order valence-corrected chi connectivity index (χ0v) is 6.05. The van der Waals surface area contributed by atoms with Crippen molar-refractivity contribution in [2.45, 2.75) is 6.92 Å². The molecule has 0 fully saturated rings. The maximum atomic E-state index is 10.7. The molecule has 3 heteroatoms. The zero-order valence-electron chi connectivity index (χ0n) is 6.05. The molecule has 11 heavy (non-hydrogen) atoms. The van der Waals surface area contributed by atoms with E-state index in [1.807, 2.05) is 19.1 Å². The first kappa shape index (κ1) is 6.22. The van der Waals surface area contributed by atoms with E-state index in [0.29, 0.717) is 5.58 Å². The number of hydrogen-bond donors (Lipinski definition) is 1. The highest BCUT2D eigenvalue weighted by molar-refractivity contribution is 5.72. The lowest BCUT2D eigenvalue weighted by atomic mass is 10.2. The summed E-state index contributed by atoms with van der Waals surface area (Å²) in [4.78, 5) is 13.3. The summed E-state index contributed by atoms with van der Waals surface area (Å²) in [6.07, 6.45) is 0. The van der Waals surface area contributed by atoms with E-state index in [0.717, 1.165) is 11.1 Å². The zero-order chi connectivity index (χ0) is 7.84. The Hall–Kier alpha value is -1.51. The molecule has 0 saturated heterocycles. The number of hydrogen-bond acceptors (Lipinski definition) is 2. The molecule has 1 aromatic carbocycles. The Morgan fingerprint density at radius 3 is 3.18 bits per heavy atom. The fourth-order valence-corrected chi connectivity index (χ4v) is 1.07. The van der Waals surface area contributed by atoms with E-state index in [4.69, 9.17) is 4.42 Å². The Morgan fingerprint density at radius 1 is 1.55 bits per heavy atom. The summed E-state index contributed by atoms with van der Waals surface area (Å²) in [6, 6.07) is 5.56. The maximum absolute atomic E-state index is 10.7. The van der Waals surface area contributed by atoms with Crippen molar-refractivity contribution >= 4 is 11.1 Å². The third kappa shape index (κ3) is 0.941. The van der Waals surface area contributed by atoms with Crippen molar-refractivity contribution in [3.8, 4) is 0 Å². The Bertz CT molecular complexity index is 443. The van der Waals surface area contributed by atoms with Gasteiger partial charge in [-0.25, -0.2) is 4.79 Å². The fraction of sp³-hybridized carbons (Fsp3) is 0.125. The SMILES string of the molecule is Cc1ccc2oc(=O)[nH]c2c1.[HH]. The van der Waals surface area contributed by atoms with E-state index in [1.54, 1.807) is 6.07 Å². The molecular formula is C8H9NO2.